The summed E-state index contributed by atoms with van der Waals surface area (Å²) in [4.78, 5) is 27.4. The molecule has 0 bridgehead atoms. The standard InChI is InChI=1S/2C12H10F4N4O2/c1-6-3-11(12(14,15)16)18-19(6)5-9-8(13)4-10(20(21)22)7(2)17-9;1-6-3-11(12(14,15)16)18-19(6)5-9-10(20(21)22)4-8(13)7(2)17-9/h2*3-4H,5H2,1-2H3. The van der Waals surface area contributed by atoms with Crippen molar-refractivity contribution in [2.45, 2.75) is 53.1 Å². The van der Waals surface area contributed by atoms with E-state index in [9.17, 15) is 55.4 Å². The Morgan fingerprint density at radius 3 is 1.48 bits per heavy atom. The minimum atomic E-state index is -4.62. The SMILES string of the molecule is Cc1nc(Cn2nc(C(F)(F)F)cc2C)c(F)cc1[N+](=O)[O-].Cc1nc(Cn2nc(C(F)(F)F)cc2C)c([N+](=O)[O-])cc1F. The van der Waals surface area contributed by atoms with Crippen LogP contribution in [0.2, 0.25) is 0 Å². The third-order valence-electron chi connectivity index (χ3n) is 5.96. The number of nitro groups is 2. The number of hydrogen-bond donors (Lipinski definition) is 0. The molecule has 0 saturated heterocycles. The van der Waals surface area contributed by atoms with Gasteiger partial charge in [0.1, 0.15) is 11.4 Å². The summed E-state index contributed by atoms with van der Waals surface area (Å²) in [6.45, 7) is 4.67. The maximum absolute atomic E-state index is 13.8. The molecule has 0 saturated carbocycles. The largest absolute Gasteiger partial charge is 0.435 e. The lowest BCUT2D eigenvalue weighted by atomic mass is 10.2. The Labute approximate surface area is 241 Å². The van der Waals surface area contributed by atoms with Crippen molar-refractivity contribution in [1.82, 2.24) is 29.5 Å². The second kappa shape index (κ2) is 12.3. The number of aromatic nitrogens is 6. The van der Waals surface area contributed by atoms with Crippen LogP contribution in [0.25, 0.3) is 0 Å². The molecular formula is C24H20F8N8O4. The predicted molar refractivity (Wildman–Crippen MR) is 133 cm³/mol. The molecule has 0 aliphatic carbocycles. The van der Waals surface area contributed by atoms with Crippen molar-refractivity contribution in [2.75, 3.05) is 0 Å². The van der Waals surface area contributed by atoms with Crippen LogP contribution in [-0.4, -0.2) is 39.4 Å². The fourth-order valence-corrected chi connectivity index (χ4v) is 3.71. The maximum Gasteiger partial charge on any atom is 0.435 e. The van der Waals surface area contributed by atoms with Gasteiger partial charge in [0, 0.05) is 11.4 Å². The molecule has 44 heavy (non-hydrogen) atoms. The molecule has 0 unspecified atom stereocenters. The highest BCUT2D eigenvalue weighted by atomic mass is 19.4. The zero-order valence-corrected chi connectivity index (χ0v) is 23.0. The molecule has 0 radical (unpaired) electrons. The van der Waals surface area contributed by atoms with Gasteiger partial charge < -0.3 is 0 Å². The van der Waals surface area contributed by atoms with Crippen LogP contribution in [-0.2, 0) is 25.4 Å². The number of alkyl halides is 6. The highest BCUT2D eigenvalue weighted by molar-refractivity contribution is 5.38. The van der Waals surface area contributed by atoms with E-state index >= 15 is 0 Å². The van der Waals surface area contributed by atoms with Gasteiger partial charge in [0.05, 0.1) is 46.5 Å². The van der Waals surface area contributed by atoms with Gasteiger partial charge in [-0.2, -0.15) is 36.5 Å². The molecule has 0 aliphatic heterocycles. The Morgan fingerprint density at radius 2 is 1.07 bits per heavy atom. The number of pyridine rings is 2. The van der Waals surface area contributed by atoms with E-state index in [1.165, 1.54) is 27.7 Å². The normalized spacial score (nSPS) is 11.7. The third kappa shape index (κ3) is 7.67. The van der Waals surface area contributed by atoms with Crippen LogP contribution in [0.5, 0.6) is 0 Å². The van der Waals surface area contributed by atoms with Crippen molar-refractivity contribution < 1.29 is 45.0 Å². The molecule has 4 rings (SSSR count). The second-order valence-electron chi connectivity index (χ2n) is 9.21. The van der Waals surface area contributed by atoms with E-state index in [0.29, 0.717) is 12.1 Å². The summed E-state index contributed by atoms with van der Waals surface area (Å²) in [7, 11) is 0. The van der Waals surface area contributed by atoms with Gasteiger partial charge in [-0.15, -0.1) is 0 Å². The van der Waals surface area contributed by atoms with Gasteiger partial charge in [-0.05, 0) is 39.8 Å². The van der Waals surface area contributed by atoms with Crippen LogP contribution in [0.1, 0.15) is 45.6 Å². The van der Waals surface area contributed by atoms with Crippen LogP contribution in [0.3, 0.4) is 0 Å². The van der Waals surface area contributed by atoms with Crippen LogP contribution < -0.4 is 0 Å². The maximum atomic E-state index is 13.8. The molecular weight excluding hydrogens is 616 g/mol. The van der Waals surface area contributed by atoms with E-state index in [0.717, 1.165) is 21.5 Å². The first-order valence-electron chi connectivity index (χ1n) is 12.0. The van der Waals surface area contributed by atoms with Gasteiger partial charge in [-0.3, -0.25) is 29.6 Å². The molecule has 4 aromatic heterocycles. The Balaban J connectivity index is 0.000000240. The number of hydrogen-bond acceptors (Lipinski definition) is 8. The van der Waals surface area contributed by atoms with E-state index in [4.69, 9.17) is 0 Å². The van der Waals surface area contributed by atoms with Crippen LogP contribution in [0, 0.1) is 59.6 Å². The lowest BCUT2D eigenvalue weighted by Crippen LogP contribution is -2.12. The molecule has 4 heterocycles. The zero-order chi connectivity index (χ0) is 33.3. The van der Waals surface area contributed by atoms with Crippen LogP contribution >= 0.6 is 0 Å². The van der Waals surface area contributed by atoms with E-state index in [1.807, 2.05) is 0 Å². The fraction of sp³-hybridized carbons (Fsp3) is 0.333. The quantitative estimate of drug-likeness (QED) is 0.142. The molecule has 20 heteroatoms. The zero-order valence-electron chi connectivity index (χ0n) is 23.0. The number of aryl methyl sites for hydroxylation is 4. The molecule has 0 spiro atoms. The summed E-state index contributed by atoms with van der Waals surface area (Å²) in [5, 5.41) is 28.3. The minimum absolute atomic E-state index is 0.0257. The summed E-state index contributed by atoms with van der Waals surface area (Å²) < 4.78 is 105. The Morgan fingerprint density at radius 1 is 0.659 bits per heavy atom. The summed E-state index contributed by atoms with van der Waals surface area (Å²) in [6, 6.07) is 3.04. The smallest absolute Gasteiger partial charge is 0.263 e. The van der Waals surface area contributed by atoms with Crippen molar-refractivity contribution in [3.05, 3.63) is 102 Å². The first-order chi connectivity index (χ1) is 20.2. The lowest BCUT2D eigenvalue weighted by molar-refractivity contribution is -0.386. The Kier molecular flexibility index (Phi) is 9.35. The highest BCUT2D eigenvalue weighted by Crippen LogP contribution is 2.30. The van der Waals surface area contributed by atoms with E-state index in [-0.39, 0.29) is 47.3 Å². The number of nitrogens with zero attached hydrogens (tertiary/aromatic N) is 8. The molecule has 0 fully saturated rings. The van der Waals surface area contributed by atoms with Gasteiger partial charge in [0.15, 0.2) is 23.0 Å². The molecule has 0 aromatic carbocycles. The molecule has 0 atom stereocenters. The first-order valence-corrected chi connectivity index (χ1v) is 12.0. The molecule has 0 aliphatic rings. The van der Waals surface area contributed by atoms with Crippen molar-refractivity contribution in [3.63, 3.8) is 0 Å². The van der Waals surface area contributed by atoms with Gasteiger partial charge in [0.2, 0.25) is 0 Å². The summed E-state index contributed by atoms with van der Waals surface area (Å²) >= 11 is 0. The molecule has 4 aromatic rings. The van der Waals surface area contributed by atoms with Crippen LogP contribution in [0.4, 0.5) is 46.5 Å². The van der Waals surface area contributed by atoms with Gasteiger partial charge in [-0.1, -0.05) is 0 Å². The lowest BCUT2D eigenvalue weighted by Gasteiger charge is -2.07. The van der Waals surface area contributed by atoms with Crippen LogP contribution in [0.15, 0.2) is 24.3 Å². The minimum Gasteiger partial charge on any atom is -0.263 e. The molecule has 0 amide bonds. The van der Waals surface area contributed by atoms with Crippen molar-refractivity contribution in [2.24, 2.45) is 0 Å². The average Bonchev–Trinajstić information content (AvgIpc) is 3.45. The summed E-state index contributed by atoms with van der Waals surface area (Å²) in [5.74, 6) is -1.83. The van der Waals surface area contributed by atoms with E-state index in [1.54, 1.807) is 0 Å². The van der Waals surface area contributed by atoms with Gasteiger partial charge in [0.25, 0.3) is 11.4 Å². The van der Waals surface area contributed by atoms with Crippen molar-refractivity contribution in [1.29, 1.82) is 0 Å². The van der Waals surface area contributed by atoms with Gasteiger partial charge in [-0.25, -0.2) is 18.7 Å². The Bertz CT molecular complexity index is 1730. The summed E-state index contributed by atoms with van der Waals surface area (Å²) in [6.07, 6.45) is -9.22. The van der Waals surface area contributed by atoms with Gasteiger partial charge >= 0.3 is 12.4 Å². The molecule has 236 valence electrons. The summed E-state index contributed by atoms with van der Waals surface area (Å²) in [5.41, 5.74) is -3.46. The average molecular weight is 636 g/mol. The number of rotatable bonds is 6. The second-order valence-corrected chi connectivity index (χ2v) is 9.21. The fourth-order valence-electron chi connectivity index (χ4n) is 3.71. The molecule has 12 nitrogen and oxygen atoms in total. The monoisotopic (exact) mass is 636 g/mol. The molecule has 0 N–H and O–H groups in total. The van der Waals surface area contributed by atoms with Crippen molar-refractivity contribution in [3.8, 4) is 0 Å². The number of halogens is 8. The third-order valence-corrected chi connectivity index (χ3v) is 5.96. The highest BCUT2D eigenvalue weighted by Gasteiger charge is 2.35. The van der Waals surface area contributed by atoms with E-state index < -0.39 is 56.6 Å². The Hall–Kier alpha value is -5.04. The van der Waals surface area contributed by atoms with E-state index in [2.05, 4.69) is 20.2 Å². The van der Waals surface area contributed by atoms with Crippen molar-refractivity contribution >= 4 is 11.4 Å². The first kappa shape index (κ1) is 33.5. The topological polar surface area (TPSA) is 148 Å². The predicted octanol–water partition coefficient (Wildman–Crippen LogP) is 6.02.